The Hall–Kier alpha value is -3.56. The van der Waals surface area contributed by atoms with Gasteiger partial charge in [0.2, 0.25) is 5.88 Å². The molecule has 5 fully saturated rings. The van der Waals surface area contributed by atoms with Gasteiger partial charge in [-0.3, -0.25) is 4.90 Å². The highest BCUT2D eigenvalue weighted by molar-refractivity contribution is 5.97. The topological polar surface area (TPSA) is 124 Å². The number of aryl methyl sites for hydroxylation is 1. The summed E-state index contributed by atoms with van der Waals surface area (Å²) in [5.41, 5.74) is 3.02. The smallest absolute Gasteiger partial charge is 0.418 e. The van der Waals surface area contributed by atoms with Gasteiger partial charge >= 0.3 is 12.2 Å². The van der Waals surface area contributed by atoms with Crippen LogP contribution in [0, 0.1) is 18.2 Å². The molecule has 4 saturated heterocycles. The van der Waals surface area contributed by atoms with E-state index in [2.05, 4.69) is 30.1 Å². The summed E-state index contributed by atoms with van der Waals surface area (Å²) in [6, 6.07) is 1.10. The Kier molecular flexibility index (Phi) is 7.03. The molecule has 49 heavy (non-hydrogen) atoms. The van der Waals surface area contributed by atoms with Crippen LogP contribution in [0.15, 0.2) is 6.07 Å². The van der Waals surface area contributed by atoms with Gasteiger partial charge in [0.05, 0.1) is 29.5 Å². The van der Waals surface area contributed by atoms with Gasteiger partial charge in [0.25, 0.3) is 0 Å². The summed E-state index contributed by atoms with van der Waals surface area (Å²) in [5, 5.41) is 3.88. The number of pyridine rings is 2. The lowest BCUT2D eigenvalue weighted by atomic mass is 9.99. The van der Waals surface area contributed by atoms with Crippen LogP contribution in [-0.2, 0) is 10.9 Å². The molecule has 9 rings (SSSR count). The van der Waals surface area contributed by atoms with Gasteiger partial charge in [-0.05, 0) is 64.9 Å². The monoisotopic (exact) mass is 684 g/mol. The predicted octanol–water partition coefficient (Wildman–Crippen LogP) is 4.64. The lowest BCUT2D eigenvalue weighted by molar-refractivity contribution is -0.137. The number of likely N-dealkylation sites (tertiary alicyclic amines) is 1. The maximum Gasteiger partial charge on any atom is 0.418 e. The maximum atomic E-state index is 16.9. The lowest BCUT2D eigenvalue weighted by Gasteiger charge is -2.42. The molecule has 15 heteroatoms. The SMILES string of the molecule is Cc1nc(N)cc(-c2nc3c4c(nc(OCC5(CN6CCC7(CCCO7)C6)CC5)nc4c2F)N2C[C@H]4CC[C@H](N4)[C@H]2[C@H](C)O3)c1C(F)(F)F. The first-order valence-electron chi connectivity index (χ1n) is 17.4. The van der Waals surface area contributed by atoms with Gasteiger partial charge in [-0.1, -0.05) is 0 Å². The third kappa shape index (κ3) is 5.25. The molecular formula is C34H40F4N8O3. The molecule has 1 aliphatic carbocycles. The summed E-state index contributed by atoms with van der Waals surface area (Å²) in [6.07, 6.45) is 1.82. The number of piperazine rings is 1. The third-order valence-corrected chi connectivity index (χ3v) is 11.6. The van der Waals surface area contributed by atoms with Crippen LogP contribution in [0.25, 0.3) is 22.2 Å². The number of nitrogens with zero attached hydrogens (tertiary/aromatic N) is 6. The minimum atomic E-state index is -4.85. The molecule has 1 saturated carbocycles. The van der Waals surface area contributed by atoms with Gasteiger partial charge in [0.15, 0.2) is 5.82 Å². The average molecular weight is 685 g/mol. The van der Waals surface area contributed by atoms with Gasteiger partial charge in [-0.15, -0.1) is 0 Å². The molecule has 3 aromatic rings. The van der Waals surface area contributed by atoms with E-state index in [0.29, 0.717) is 19.0 Å². The number of hydrogen-bond acceptors (Lipinski definition) is 11. The standard InChI is InChI=1S/C34H40F4N8O3/c1-17-24(34(36,37)38)20(12-22(39)40-17)26-25(35)27-23-29(46-13-19-4-5-21(41-19)28(46)18(2)49-30(23)42-26)44-31(43-27)47-16-32(7-8-32)14-45-10-9-33(15-45)6-3-11-48-33/h12,18-19,21,28,41H,3-11,13-16H2,1-2H3,(H2,39,40)/t18-,19+,21-,28+,33?/m0/s1. The first-order valence-corrected chi connectivity index (χ1v) is 17.4. The number of rotatable bonds is 6. The van der Waals surface area contributed by atoms with E-state index in [0.717, 1.165) is 77.3 Å². The Bertz CT molecular complexity index is 1830. The normalized spacial score (nSPS) is 30.1. The van der Waals surface area contributed by atoms with Crippen LogP contribution >= 0.6 is 0 Å². The van der Waals surface area contributed by atoms with E-state index in [4.69, 9.17) is 24.9 Å². The van der Waals surface area contributed by atoms with E-state index in [1.807, 2.05) is 6.92 Å². The van der Waals surface area contributed by atoms with Crippen LogP contribution in [0.5, 0.6) is 11.9 Å². The molecule has 2 bridgehead atoms. The summed E-state index contributed by atoms with van der Waals surface area (Å²) in [5.74, 6) is -0.822. The molecule has 262 valence electrons. The van der Waals surface area contributed by atoms with Gasteiger partial charge in [-0.2, -0.15) is 23.1 Å². The van der Waals surface area contributed by atoms with Crippen molar-refractivity contribution in [1.29, 1.82) is 0 Å². The Labute approximate surface area is 280 Å². The number of aromatic nitrogens is 4. The van der Waals surface area contributed by atoms with E-state index in [9.17, 15) is 13.2 Å². The second-order valence-corrected chi connectivity index (χ2v) is 15.1. The van der Waals surface area contributed by atoms with Crippen molar-refractivity contribution < 1.29 is 31.8 Å². The molecule has 0 amide bonds. The van der Waals surface area contributed by atoms with Crippen LogP contribution in [0.1, 0.15) is 63.1 Å². The predicted molar refractivity (Wildman–Crippen MR) is 172 cm³/mol. The zero-order chi connectivity index (χ0) is 33.9. The number of alkyl halides is 3. The highest BCUT2D eigenvalue weighted by atomic mass is 19.4. The molecule has 5 atom stereocenters. The minimum absolute atomic E-state index is 0.0200. The van der Waals surface area contributed by atoms with Crippen molar-refractivity contribution in [2.75, 3.05) is 50.0 Å². The van der Waals surface area contributed by atoms with E-state index in [1.165, 1.54) is 6.92 Å². The molecule has 1 unspecified atom stereocenters. The molecule has 5 aliphatic heterocycles. The zero-order valence-electron chi connectivity index (χ0n) is 27.6. The number of nitrogen functional groups attached to an aromatic ring is 1. The first kappa shape index (κ1) is 31.4. The van der Waals surface area contributed by atoms with Crippen molar-refractivity contribution in [3.05, 3.63) is 23.1 Å². The molecule has 11 nitrogen and oxygen atoms in total. The molecular weight excluding hydrogens is 644 g/mol. The third-order valence-electron chi connectivity index (χ3n) is 11.6. The van der Waals surface area contributed by atoms with Gasteiger partial charge in [-0.25, -0.2) is 14.4 Å². The molecule has 1 spiro atoms. The number of nitrogens with two attached hydrogens (primary N) is 1. The molecule has 3 N–H and O–H groups in total. The van der Waals surface area contributed by atoms with Gasteiger partial charge < -0.3 is 30.2 Å². The van der Waals surface area contributed by atoms with E-state index < -0.39 is 34.9 Å². The number of hydrogen-bond donors (Lipinski definition) is 2. The quantitative estimate of drug-likeness (QED) is 0.353. The molecule has 3 aromatic heterocycles. The first-order chi connectivity index (χ1) is 23.4. The second kappa shape index (κ2) is 11.0. The van der Waals surface area contributed by atoms with Crippen molar-refractivity contribution in [2.24, 2.45) is 5.41 Å². The Balaban J connectivity index is 1.13. The number of halogens is 4. The molecule has 0 aromatic carbocycles. The maximum absolute atomic E-state index is 16.9. The fourth-order valence-corrected chi connectivity index (χ4v) is 9.13. The van der Waals surface area contributed by atoms with E-state index in [-0.39, 0.29) is 63.4 Å². The second-order valence-electron chi connectivity index (χ2n) is 15.1. The Morgan fingerprint density at radius 1 is 1.12 bits per heavy atom. The molecule has 0 radical (unpaired) electrons. The highest BCUT2D eigenvalue weighted by Crippen LogP contribution is 2.50. The fraction of sp³-hybridized carbons (Fsp3) is 0.647. The van der Waals surface area contributed by atoms with Crippen molar-refractivity contribution in [2.45, 2.75) is 94.8 Å². The van der Waals surface area contributed by atoms with Crippen LogP contribution in [0.4, 0.5) is 29.2 Å². The Morgan fingerprint density at radius 2 is 1.96 bits per heavy atom. The largest absolute Gasteiger partial charge is 0.472 e. The summed E-state index contributed by atoms with van der Waals surface area (Å²) in [4.78, 5) is 22.3. The van der Waals surface area contributed by atoms with Crippen molar-refractivity contribution in [3.8, 4) is 23.1 Å². The summed E-state index contributed by atoms with van der Waals surface area (Å²) >= 11 is 0. The Morgan fingerprint density at radius 3 is 2.71 bits per heavy atom. The molecule has 8 heterocycles. The van der Waals surface area contributed by atoms with E-state index in [1.54, 1.807) is 0 Å². The van der Waals surface area contributed by atoms with E-state index >= 15 is 4.39 Å². The fourth-order valence-electron chi connectivity index (χ4n) is 9.13. The van der Waals surface area contributed by atoms with Crippen molar-refractivity contribution >= 4 is 22.5 Å². The van der Waals surface area contributed by atoms with Crippen LogP contribution in [-0.4, -0.2) is 94.1 Å². The highest BCUT2D eigenvalue weighted by Gasteiger charge is 2.50. The van der Waals surface area contributed by atoms with Crippen molar-refractivity contribution in [1.82, 2.24) is 30.2 Å². The summed E-state index contributed by atoms with van der Waals surface area (Å²) in [7, 11) is 0. The van der Waals surface area contributed by atoms with Crippen LogP contribution < -0.4 is 25.4 Å². The summed E-state index contributed by atoms with van der Waals surface area (Å²) < 4.78 is 79.0. The van der Waals surface area contributed by atoms with Crippen LogP contribution in [0.2, 0.25) is 0 Å². The number of ether oxygens (including phenoxy) is 3. The average Bonchev–Trinajstić information content (AvgIpc) is 3.31. The zero-order valence-corrected chi connectivity index (χ0v) is 27.6. The van der Waals surface area contributed by atoms with Crippen molar-refractivity contribution in [3.63, 3.8) is 0 Å². The lowest BCUT2D eigenvalue weighted by Crippen LogP contribution is -2.62. The number of anilines is 2. The van der Waals surface area contributed by atoms with Gasteiger partial charge in [0, 0.05) is 55.8 Å². The summed E-state index contributed by atoms with van der Waals surface area (Å²) in [6.45, 7) is 7.62. The number of nitrogens with one attached hydrogen (secondary N) is 1. The molecule has 6 aliphatic rings. The minimum Gasteiger partial charge on any atom is -0.472 e. The number of fused-ring (bicyclic) bond motifs is 5. The van der Waals surface area contributed by atoms with Gasteiger partial charge in [0.1, 0.15) is 34.3 Å². The van der Waals surface area contributed by atoms with Crippen LogP contribution in [0.3, 0.4) is 0 Å².